The molecule has 0 unspecified atom stereocenters. The second kappa shape index (κ2) is 5.49. The van der Waals surface area contributed by atoms with Gasteiger partial charge in [0, 0.05) is 11.6 Å². The fourth-order valence-corrected chi connectivity index (χ4v) is 1.72. The van der Waals surface area contributed by atoms with Gasteiger partial charge in [0.05, 0.1) is 11.0 Å². The highest BCUT2D eigenvalue weighted by Gasteiger charge is 2.15. The van der Waals surface area contributed by atoms with E-state index in [1.165, 1.54) is 18.5 Å². The number of nitro benzene ring substituents is 1. The van der Waals surface area contributed by atoms with Gasteiger partial charge >= 0.3 is 0 Å². The van der Waals surface area contributed by atoms with Crippen LogP contribution >= 0.6 is 0 Å². The number of nitrogens with two attached hydrogens (primary N) is 1. The fourth-order valence-electron chi connectivity index (χ4n) is 1.72. The van der Waals surface area contributed by atoms with Crippen molar-refractivity contribution in [2.45, 2.75) is 13.8 Å². The number of rotatable bonds is 4. The summed E-state index contributed by atoms with van der Waals surface area (Å²) in [7, 11) is 0. The van der Waals surface area contributed by atoms with Crippen molar-refractivity contribution in [2.75, 3.05) is 5.43 Å². The van der Waals surface area contributed by atoms with Crippen LogP contribution in [0, 0.1) is 24.0 Å². The third-order valence-corrected chi connectivity index (χ3v) is 2.69. The molecular formula is C12H13N5O3. The fraction of sp³-hybridized carbons (Fsp3) is 0.167. The van der Waals surface area contributed by atoms with Gasteiger partial charge in [-0.2, -0.15) is 0 Å². The monoisotopic (exact) mass is 275 g/mol. The molecule has 20 heavy (non-hydrogen) atoms. The number of aryl methyl sites for hydroxylation is 2. The molecule has 0 aliphatic carbocycles. The third-order valence-electron chi connectivity index (χ3n) is 2.69. The molecule has 8 nitrogen and oxygen atoms in total. The van der Waals surface area contributed by atoms with E-state index < -0.39 is 4.92 Å². The summed E-state index contributed by atoms with van der Waals surface area (Å²) in [6, 6.07) is 4.56. The van der Waals surface area contributed by atoms with Crippen LogP contribution in [-0.4, -0.2) is 14.9 Å². The standard InChI is InChI=1S/C12H13N5O3/c1-7-3-8(2)10(4-9(7)17(18)19)20-12-5-11(16-13)14-6-15-12/h3-6H,13H2,1-2H3,(H,14,15,16). The van der Waals surface area contributed by atoms with Gasteiger partial charge in [0.2, 0.25) is 5.88 Å². The Morgan fingerprint density at radius 1 is 1.25 bits per heavy atom. The summed E-state index contributed by atoms with van der Waals surface area (Å²) in [5.41, 5.74) is 3.71. The maximum absolute atomic E-state index is 10.9. The normalized spacial score (nSPS) is 10.2. The van der Waals surface area contributed by atoms with E-state index in [1.54, 1.807) is 19.9 Å². The molecule has 8 heteroatoms. The van der Waals surface area contributed by atoms with Crippen LogP contribution in [0.25, 0.3) is 0 Å². The minimum absolute atomic E-state index is 0.00294. The second-order valence-corrected chi connectivity index (χ2v) is 4.15. The molecule has 3 N–H and O–H groups in total. The largest absolute Gasteiger partial charge is 0.438 e. The van der Waals surface area contributed by atoms with Crippen LogP contribution in [0.1, 0.15) is 11.1 Å². The number of nitro groups is 1. The molecule has 0 aliphatic rings. The van der Waals surface area contributed by atoms with E-state index in [1.807, 2.05) is 0 Å². The third kappa shape index (κ3) is 2.81. The molecule has 0 saturated heterocycles. The van der Waals surface area contributed by atoms with Crippen molar-refractivity contribution in [3.05, 3.63) is 45.8 Å². The van der Waals surface area contributed by atoms with Crippen LogP contribution in [0.15, 0.2) is 24.5 Å². The zero-order valence-electron chi connectivity index (χ0n) is 11.0. The Hall–Kier alpha value is -2.74. The maximum atomic E-state index is 10.9. The van der Waals surface area contributed by atoms with Gasteiger partial charge in [-0.25, -0.2) is 15.8 Å². The summed E-state index contributed by atoms with van der Waals surface area (Å²) >= 11 is 0. The number of nitrogen functional groups attached to an aromatic ring is 1. The van der Waals surface area contributed by atoms with Crippen molar-refractivity contribution >= 4 is 11.5 Å². The van der Waals surface area contributed by atoms with Gasteiger partial charge in [-0.05, 0) is 25.5 Å². The molecule has 0 spiro atoms. The lowest BCUT2D eigenvalue weighted by Crippen LogP contribution is -2.08. The van der Waals surface area contributed by atoms with Crippen molar-refractivity contribution < 1.29 is 9.66 Å². The molecule has 2 aromatic rings. The van der Waals surface area contributed by atoms with E-state index in [0.29, 0.717) is 17.1 Å². The Balaban J connectivity index is 2.37. The number of hydrazine groups is 1. The second-order valence-electron chi connectivity index (χ2n) is 4.15. The molecule has 1 aromatic heterocycles. The van der Waals surface area contributed by atoms with Crippen molar-refractivity contribution in [2.24, 2.45) is 5.84 Å². The predicted octanol–water partition coefficient (Wildman–Crippen LogP) is 2.08. The first-order valence-corrected chi connectivity index (χ1v) is 5.73. The average molecular weight is 275 g/mol. The number of ether oxygens (including phenoxy) is 1. The lowest BCUT2D eigenvalue weighted by molar-refractivity contribution is -0.385. The topological polar surface area (TPSA) is 116 Å². The summed E-state index contributed by atoms with van der Waals surface area (Å²) in [6.07, 6.45) is 1.28. The summed E-state index contributed by atoms with van der Waals surface area (Å²) in [6.45, 7) is 3.48. The van der Waals surface area contributed by atoms with Crippen LogP contribution in [0.3, 0.4) is 0 Å². The molecule has 1 aromatic carbocycles. The Morgan fingerprint density at radius 2 is 2.00 bits per heavy atom. The Bertz CT molecular complexity index is 660. The van der Waals surface area contributed by atoms with E-state index in [-0.39, 0.29) is 11.6 Å². The molecule has 2 rings (SSSR count). The van der Waals surface area contributed by atoms with Crippen molar-refractivity contribution in [1.29, 1.82) is 0 Å². The predicted molar refractivity (Wildman–Crippen MR) is 72.5 cm³/mol. The number of hydrogen-bond donors (Lipinski definition) is 2. The minimum atomic E-state index is -0.450. The van der Waals surface area contributed by atoms with Crippen LogP contribution < -0.4 is 16.0 Å². The van der Waals surface area contributed by atoms with Crippen molar-refractivity contribution in [3.8, 4) is 11.6 Å². The van der Waals surface area contributed by atoms with E-state index >= 15 is 0 Å². The molecule has 1 heterocycles. The highest BCUT2D eigenvalue weighted by atomic mass is 16.6. The quantitative estimate of drug-likeness (QED) is 0.498. The molecule has 0 saturated carbocycles. The van der Waals surface area contributed by atoms with E-state index in [9.17, 15) is 10.1 Å². The number of aromatic nitrogens is 2. The Labute approximate surface area is 114 Å². The number of benzene rings is 1. The van der Waals surface area contributed by atoms with Crippen molar-refractivity contribution in [1.82, 2.24) is 9.97 Å². The summed E-state index contributed by atoms with van der Waals surface area (Å²) in [5.74, 6) is 6.23. The maximum Gasteiger partial charge on any atom is 0.276 e. The number of anilines is 1. The molecule has 0 atom stereocenters. The highest BCUT2D eigenvalue weighted by molar-refractivity contribution is 5.51. The molecular weight excluding hydrogens is 262 g/mol. The smallest absolute Gasteiger partial charge is 0.276 e. The first-order chi connectivity index (χ1) is 9.51. The summed E-state index contributed by atoms with van der Waals surface area (Å²) in [5, 5.41) is 10.9. The molecule has 0 radical (unpaired) electrons. The lowest BCUT2D eigenvalue weighted by Gasteiger charge is -2.09. The molecule has 0 fully saturated rings. The van der Waals surface area contributed by atoms with Gasteiger partial charge in [-0.15, -0.1) is 0 Å². The lowest BCUT2D eigenvalue weighted by atomic mass is 10.1. The SMILES string of the molecule is Cc1cc(C)c([N+](=O)[O-])cc1Oc1cc(NN)ncn1. The van der Waals surface area contributed by atoms with E-state index in [4.69, 9.17) is 10.6 Å². The van der Waals surface area contributed by atoms with Gasteiger partial charge in [0.15, 0.2) is 0 Å². The van der Waals surface area contributed by atoms with Crippen molar-refractivity contribution in [3.63, 3.8) is 0 Å². The average Bonchev–Trinajstić information content (AvgIpc) is 2.41. The summed E-state index contributed by atoms with van der Waals surface area (Å²) < 4.78 is 5.55. The minimum Gasteiger partial charge on any atom is -0.438 e. The van der Waals surface area contributed by atoms with E-state index in [0.717, 1.165) is 5.56 Å². The Morgan fingerprint density at radius 3 is 2.65 bits per heavy atom. The molecule has 0 bridgehead atoms. The van der Waals surface area contributed by atoms with E-state index in [2.05, 4.69) is 15.4 Å². The van der Waals surface area contributed by atoms with Gasteiger partial charge in [-0.1, -0.05) is 0 Å². The van der Waals surface area contributed by atoms with Gasteiger partial charge in [0.25, 0.3) is 5.69 Å². The van der Waals surface area contributed by atoms with Gasteiger partial charge < -0.3 is 10.2 Å². The number of nitrogens with one attached hydrogen (secondary N) is 1. The molecule has 104 valence electrons. The molecule has 0 aliphatic heterocycles. The van der Waals surface area contributed by atoms with Crippen LogP contribution in [-0.2, 0) is 0 Å². The molecule has 0 amide bonds. The zero-order chi connectivity index (χ0) is 14.7. The Kier molecular flexibility index (Phi) is 3.76. The van der Waals surface area contributed by atoms with Crippen LogP contribution in [0.2, 0.25) is 0 Å². The highest BCUT2D eigenvalue weighted by Crippen LogP contribution is 2.31. The number of hydrogen-bond acceptors (Lipinski definition) is 7. The first kappa shape index (κ1) is 13.7. The zero-order valence-corrected chi connectivity index (χ0v) is 11.0. The number of nitrogens with zero attached hydrogens (tertiary/aromatic N) is 3. The van der Waals surface area contributed by atoms with Crippen LogP contribution in [0.4, 0.5) is 11.5 Å². The first-order valence-electron chi connectivity index (χ1n) is 5.73. The van der Waals surface area contributed by atoms with Gasteiger partial charge in [0.1, 0.15) is 17.9 Å². The van der Waals surface area contributed by atoms with Gasteiger partial charge in [-0.3, -0.25) is 10.1 Å². The summed E-state index contributed by atoms with van der Waals surface area (Å²) in [4.78, 5) is 18.3. The van der Waals surface area contributed by atoms with Crippen LogP contribution in [0.5, 0.6) is 11.6 Å².